The third kappa shape index (κ3) is 2.44. The molecule has 1 heterocycles. The lowest BCUT2D eigenvalue weighted by molar-refractivity contribution is -0.234. The molecule has 0 radical (unpaired) electrons. The lowest BCUT2D eigenvalue weighted by atomic mass is 9.92. The highest BCUT2D eigenvalue weighted by atomic mass is 35.5. The summed E-state index contributed by atoms with van der Waals surface area (Å²) in [7, 11) is 0. The molecule has 0 bridgehead atoms. The number of carbonyl (C=O) groups is 1. The number of ether oxygens (including phenoxy) is 2. The van der Waals surface area contributed by atoms with Gasteiger partial charge in [0.25, 0.3) is 0 Å². The maximum Gasteiger partial charge on any atom is 0.314 e. The van der Waals surface area contributed by atoms with Crippen LogP contribution >= 0.6 is 11.6 Å². The smallest absolute Gasteiger partial charge is 0.314 e. The van der Waals surface area contributed by atoms with Gasteiger partial charge in [0.2, 0.25) is 0 Å². The van der Waals surface area contributed by atoms with E-state index in [4.69, 9.17) is 26.2 Å². The molecule has 92 valence electrons. The second-order valence-corrected chi connectivity index (χ2v) is 4.75. The van der Waals surface area contributed by atoms with Crippen molar-refractivity contribution in [2.24, 2.45) is 5.41 Å². The van der Waals surface area contributed by atoms with Gasteiger partial charge in [-0.1, -0.05) is 29.8 Å². The van der Waals surface area contributed by atoms with Crippen LogP contribution in [-0.4, -0.2) is 24.3 Å². The van der Waals surface area contributed by atoms with Crippen LogP contribution in [0.3, 0.4) is 0 Å². The second kappa shape index (κ2) is 4.64. The average Bonchev–Trinajstić information content (AvgIpc) is 2.31. The van der Waals surface area contributed by atoms with Crippen molar-refractivity contribution in [2.45, 2.75) is 13.2 Å². The highest BCUT2D eigenvalue weighted by Gasteiger charge is 2.40. The van der Waals surface area contributed by atoms with Gasteiger partial charge in [0, 0.05) is 10.6 Å². The number of carboxylic acid groups (broad SMARTS) is 1. The van der Waals surface area contributed by atoms with Crippen LogP contribution in [0.2, 0.25) is 5.02 Å². The van der Waals surface area contributed by atoms with E-state index in [0.717, 1.165) is 5.56 Å². The van der Waals surface area contributed by atoms with Crippen LogP contribution in [0.25, 0.3) is 0 Å². The summed E-state index contributed by atoms with van der Waals surface area (Å²) < 4.78 is 10.9. The summed E-state index contributed by atoms with van der Waals surface area (Å²) >= 11 is 6.01. The highest BCUT2D eigenvalue weighted by Crippen LogP contribution is 2.34. The molecule has 0 amide bonds. The lowest BCUT2D eigenvalue weighted by Crippen LogP contribution is -2.42. The number of benzene rings is 1. The number of hydrogen-bond donors (Lipinski definition) is 1. The number of halogens is 1. The molecule has 1 saturated heterocycles. The molecule has 0 spiro atoms. The van der Waals surface area contributed by atoms with E-state index in [0.29, 0.717) is 5.02 Å². The standard InChI is InChI=1S/C12H13ClO4/c1-12(11(14)15)6-16-10(17-7-12)8-4-2-3-5-9(8)13/h2-5,10H,6-7H2,1H3,(H,14,15). The largest absolute Gasteiger partial charge is 0.481 e. The highest BCUT2D eigenvalue weighted by molar-refractivity contribution is 6.31. The van der Waals surface area contributed by atoms with Crippen LogP contribution in [0.1, 0.15) is 18.8 Å². The fourth-order valence-electron chi connectivity index (χ4n) is 1.58. The average molecular weight is 257 g/mol. The van der Waals surface area contributed by atoms with Crippen molar-refractivity contribution in [1.82, 2.24) is 0 Å². The molecule has 17 heavy (non-hydrogen) atoms. The van der Waals surface area contributed by atoms with E-state index in [1.165, 1.54) is 0 Å². The van der Waals surface area contributed by atoms with E-state index in [1.54, 1.807) is 19.1 Å². The van der Waals surface area contributed by atoms with Gasteiger partial charge in [0.1, 0.15) is 5.41 Å². The Hall–Kier alpha value is -1.10. The number of carboxylic acids is 1. The van der Waals surface area contributed by atoms with Gasteiger partial charge in [-0.15, -0.1) is 0 Å². The van der Waals surface area contributed by atoms with Crippen LogP contribution < -0.4 is 0 Å². The lowest BCUT2D eigenvalue weighted by Gasteiger charge is -2.34. The first-order valence-electron chi connectivity index (χ1n) is 5.24. The zero-order valence-electron chi connectivity index (χ0n) is 9.35. The maximum atomic E-state index is 11.0. The Labute approximate surface area is 104 Å². The molecule has 0 aromatic heterocycles. The molecular weight excluding hydrogens is 244 g/mol. The summed E-state index contributed by atoms with van der Waals surface area (Å²) in [6.45, 7) is 1.81. The first-order valence-corrected chi connectivity index (χ1v) is 5.62. The van der Waals surface area contributed by atoms with Gasteiger partial charge in [-0.3, -0.25) is 4.79 Å². The van der Waals surface area contributed by atoms with Gasteiger partial charge >= 0.3 is 5.97 Å². The van der Waals surface area contributed by atoms with Crippen molar-refractivity contribution in [3.05, 3.63) is 34.9 Å². The molecule has 0 aliphatic carbocycles. The monoisotopic (exact) mass is 256 g/mol. The van der Waals surface area contributed by atoms with Crippen molar-refractivity contribution in [3.63, 3.8) is 0 Å². The molecule has 5 heteroatoms. The van der Waals surface area contributed by atoms with Crippen LogP contribution in [0.15, 0.2) is 24.3 Å². The van der Waals surface area contributed by atoms with Gasteiger partial charge < -0.3 is 14.6 Å². The Morgan fingerprint density at radius 3 is 2.53 bits per heavy atom. The van der Waals surface area contributed by atoms with Crippen molar-refractivity contribution in [3.8, 4) is 0 Å². The fraction of sp³-hybridized carbons (Fsp3) is 0.417. The summed E-state index contributed by atoms with van der Waals surface area (Å²) in [5.41, 5.74) is -0.265. The van der Waals surface area contributed by atoms with E-state index < -0.39 is 17.7 Å². The fourth-order valence-corrected chi connectivity index (χ4v) is 1.80. The zero-order chi connectivity index (χ0) is 12.5. The van der Waals surface area contributed by atoms with Crippen LogP contribution in [-0.2, 0) is 14.3 Å². The molecule has 4 nitrogen and oxygen atoms in total. The second-order valence-electron chi connectivity index (χ2n) is 4.34. The van der Waals surface area contributed by atoms with Crippen molar-refractivity contribution in [1.29, 1.82) is 0 Å². The Bertz CT molecular complexity index is 424. The molecule has 0 atom stereocenters. The summed E-state index contributed by atoms with van der Waals surface area (Å²) in [6, 6.07) is 7.19. The van der Waals surface area contributed by atoms with Gasteiger partial charge in [-0.25, -0.2) is 0 Å². The number of aliphatic carboxylic acids is 1. The van der Waals surface area contributed by atoms with Crippen molar-refractivity contribution >= 4 is 17.6 Å². The molecule has 1 N–H and O–H groups in total. The first-order chi connectivity index (χ1) is 8.03. The topological polar surface area (TPSA) is 55.8 Å². The van der Waals surface area contributed by atoms with Gasteiger partial charge in [-0.05, 0) is 13.0 Å². The summed E-state index contributed by atoms with van der Waals surface area (Å²) in [5.74, 6) is -0.921. The SMILES string of the molecule is CC1(C(=O)O)COC(c2ccccc2Cl)OC1. The predicted octanol–water partition coefficient (Wildman–Crippen LogP) is 2.48. The Kier molecular flexibility index (Phi) is 3.38. The third-order valence-electron chi connectivity index (χ3n) is 2.78. The molecular formula is C12H13ClO4. The van der Waals surface area contributed by atoms with E-state index in [9.17, 15) is 4.79 Å². The first kappa shape index (κ1) is 12.4. The Morgan fingerprint density at radius 1 is 1.41 bits per heavy atom. The Morgan fingerprint density at radius 2 is 2.00 bits per heavy atom. The molecule has 0 saturated carbocycles. The molecule has 0 unspecified atom stereocenters. The number of rotatable bonds is 2. The Balaban J connectivity index is 2.10. The minimum absolute atomic E-state index is 0.109. The van der Waals surface area contributed by atoms with E-state index in [2.05, 4.69) is 0 Å². The molecule has 2 rings (SSSR count). The quantitative estimate of drug-likeness (QED) is 0.883. The minimum Gasteiger partial charge on any atom is -0.481 e. The van der Waals surface area contributed by atoms with Gasteiger partial charge in [0.15, 0.2) is 6.29 Å². The normalized spacial score (nSPS) is 28.9. The molecule has 1 aliphatic rings. The predicted molar refractivity (Wildman–Crippen MR) is 61.8 cm³/mol. The van der Waals surface area contributed by atoms with Gasteiger partial charge in [0.05, 0.1) is 13.2 Å². The zero-order valence-corrected chi connectivity index (χ0v) is 10.1. The summed E-state index contributed by atoms with van der Waals surface area (Å²) in [5, 5.41) is 9.58. The third-order valence-corrected chi connectivity index (χ3v) is 3.13. The molecule has 1 aliphatic heterocycles. The van der Waals surface area contributed by atoms with Crippen molar-refractivity contribution in [2.75, 3.05) is 13.2 Å². The van der Waals surface area contributed by atoms with Crippen LogP contribution in [0.5, 0.6) is 0 Å². The molecule has 1 fully saturated rings. The number of hydrogen-bond acceptors (Lipinski definition) is 3. The van der Waals surface area contributed by atoms with Crippen LogP contribution in [0.4, 0.5) is 0 Å². The van der Waals surface area contributed by atoms with Crippen molar-refractivity contribution < 1.29 is 19.4 Å². The minimum atomic E-state index is -0.988. The maximum absolute atomic E-state index is 11.0. The summed E-state index contributed by atoms with van der Waals surface area (Å²) in [4.78, 5) is 11.0. The van der Waals surface area contributed by atoms with E-state index in [1.807, 2.05) is 12.1 Å². The molecule has 1 aromatic rings. The van der Waals surface area contributed by atoms with E-state index in [-0.39, 0.29) is 13.2 Å². The van der Waals surface area contributed by atoms with Gasteiger partial charge in [-0.2, -0.15) is 0 Å². The van der Waals surface area contributed by atoms with Crippen LogP contribution in [0, 0.1) is 5.41 Å². The van der Waals surface area contributed by atoms with E-state index >= 15 is 0 Å². The summed E-state index contributed by atoms with van der Waals surface area (Å²) in [6.07, 6.45) is -0.587. The molecule has 1 aromatic carbocycles.